The highest BCUT2D eigenvalue weighted by Gasteiger charge is 2.30. The molecule has 1 aromatic heterocycles. The van der Waals surface area contributed by atoms with Crippen LogP contribution in [0.15, 0.2) is 66.7 Å². The summed E-state index contributed by atoms with van der Waals surface area (Å²) >= 11 is 0. The summed E-state index contributed by atoms with van der Waals surface area (Å²) in [6.07, 6.45) is 2.70. The molecule has 2 N–H and O–H groups in total. The van der Waals surface area contributed by atoms with Crippen molar-refractivity contribution in [3.05, 3.63) is 72.3 Å². The van der Waals surface area contributed by atoms with Gasteiger partial charge in [-0.1, -0.05) is 57.2 Å². The zero-order valence-corrected chi connectivity index (χ0v) is 21.3. The van der Waals surface area contributed by atoms with Gasteiger partial charge in [0.05, 0.1) is 23.7 Å². The highest BCUT2D eigenvalue weighted by molar-refractivity contribution is 5.91. The van der Waals surface area contributed by atoms with Crippen LogP contribution in [0, 0.1) is 5.92 Å². The van der Waals surface area contributed by atoms with Crippen molar-refractivity contribution in [2.75, 3.05) is 12.4 Å². The summed E-state index contributed by atoms with van der Waals surface area (Å²) in [6, 6.07) is 18.0. The van der Waals surface area contributed by atoms with Gasteiger partial charge < -0.3 is 19.8 Å². The molecular formula is C29H30F3N3O3. The summed E-state index contributed by atoms with van der Waals surface area (Å²) in [4.78, 5) is 19.3. The number of rotatable bonds is 5. The molecule has 1 fully saturated rings. The van der Waals surface area contributed by atoms with Crippen LogP contribution in [0.1, 0.15) is 49.4 Å². The maximum atomic E-state index is 12.3. The van der Waals surface area contributed by atoms with Gasteiger partial charge >= 0.3 is 12.3 Å². The lowest BCUT2D eigenvalue weighted by Gasteiger charge is -2.15. The molecule has 9 heteroatoms. The second kappa shape index (κ2) is 12.0. The monoisotopic (exact) mass is 525 g/mol. The van der Waals surface area contributed by atoms with Crippen LogP contribution in [0.4, 0.5) is 24.8 Å². The van der Waals surface area contributed by atoms with Crippen molar-refractivity contribution in [2.24, 2.45) is 5.92 Å². The zero-order valence-electron chi connectivity index (χ0n) is 21.3. The molecule has 3 aromatic carbocycles. The lowest BCUT2D eigenvalue weighted by atomic mass is 9.91. The molecular weight excluding hydrogens is 495 g/mol. The molecule has 5 rings (SSSR count). The van der Waals surface area contributed by atoms with Gasteiger partial charge in [0, 0.05) is 5.69 Å². The molecule has 0 atom stereocenters. The Labute approximate surface area is 219 Å². The maximum Gasteiger partial charge on any atom is 0.573 e. The van der Waals surface area contributed by atoms with Gasteiger partial charge in [0.25, 0.3) is 0 Å². The van der Waals surface area contributed by atoms with Crippen molar-refractivity contribution in [3.63, 3.8) is 0 Å². The van der Waals surface area contributed by atoms with E-state index < -0.39 is 12.3 Å². The number of nitrogens with one attached hydrogen (secondary N) is 2. The van der Waals surface area contributed by atoms with E-state index in [1.165, 1.54) is 63.5 Å². The van der Waals surface area contributed by atoms with Gasteiger partial charge in [-0.2, -0.15) is 0 Å². The molecule has 0 spiro atoms. The Kier molecular flexibility index (Phi) is 8.55. The number of aromatic amines is 1. The molecule has 0 bridgehead atoms. The average Bonchev–Trinajstić information content (AvgIpc) is 3.31. The predicted octanol–water partition coefficient (Wildman–Crippen LogP) is 8.25. The van der Waals surface area contributed by atoms with Crippen LogP contribution >= 0.6 is 0 Å². The minimum atomic E-state index is -4.73. The van der Waals surface area contributed by atoms with E-state index in [-0.39, 0.29) is 5.75 Å². The van der Waals surface area contributed by atoms with Crippen molar-refractivity contribution in [1.29, 1.82) is 0 Å². The fourth-order valence-corrected chi connectivity index (χ4v) is 4.38. The first-order chi connectivity index (χ1) is 18.2. The molecule has 0 unspecified atom stereocenters. The van der Waals surface area contributed by atoms with Crippen LogP contribution in [0.5, 0.6) is 5.75 Å². The third-order valence-electron chi connectivity index (χ3n) is 6.34. The van der Waals surface area contributed by atoms with Crippen LogP contribution in [0.3, 0.4) is 0 Å². The normalized spacial score (nSPS) is 13.9. The Balaban J connectivity index is 0.000000417. The van der Waals surface area contributed by atoms with Crippen LogP contribution < -0.4 is 10.1 Å². The lowest BCUT2D eigenvalue weighted by Crippen LogP contribution is -2.16. The molecule has 1 saturated carbocycles. The first-order valence-corrected chi connectivity index (χ1v) is 12.5. The number of hydrogen-bond acceptors (Lipinski definition) is 5. The first kappa shape index (κ1) is 27.0. The van der Waals surface area contributed by atoms with Gasteiger partial charge in [0.1, 0.15) is 5.75 Å². The number of alkyl halides is 3. The van der Waals surface area contributed by atoms with Crippen LogP contribution in [-0.2, 0) is 4.74 Å². The number of esters is 1. The van der Waals surface area contributed by atoms with Crippen molar-refractivity contribution in [1.82, 2.24) is 9.97 Å². The van der Waals surface area contributed by atoms with Gasteiger partial charge in [0.2, 0.25) is 5.95 Å². The van der Waals surface area contributed by atoms with Crippen molar-refractivity contribution in [3.8, 4) is 16.9 Å². The van der Waals surface area contributed by atoms with E-state index >= 15 is 0 Å². The average molecular weight is 526 g/mol. The van der Waals surface area contributed by atoms with Gasteiger partial charge in [-0.05, 0) is 65.6 Å². The number of imidazole rings is 1. The maximum absolute atomic E-state index is 12.3. The number of fused-ring (bicyclic) bond motifs is 1. The number of ether oxygens (including phenoxy) is 2. The van der Waals surface area contributed by atoms with Gasteiger partial charge in [-0.25, -0.2) is 9.78 Å². The molecule has 38 heavy (non-hydrogen) atoms. The van der Waals surface area contributed by atoms with Gasteiger partial charge in [0.15, 0.2) is 0 Å². The highest BCUT2D eigenvalue weighted by Crippen LogP contribution is 2.28. The van der Waals surface area contributed by atoms with E-state index in [9.17, 15) is 18.0 Å². The van der Waals surface area contributed by atoms with E-state index in [1.807, 2.05) is 24.3 Å². The number of anilines is 2. The molecule has 200 valence electrons. The van der Waals surface area contributed by atoms with Crippen LogP contribution in [-0.4, -0.2) is 29.4 Å². The molecule has 1 aliphatic rings. The fraction of sp³-hybridized carbons (Fsp3) is 0.310. The number of benzene rings is 3. The Morgan fingerprint density at radius 2 is 1.68 bits per heavy atom. The van der Waals surface area contributed by atoms with E-state index in [0.29, 0.717) is 22.7 Å². The first-order valence-electron chi connectivity index (χ1n) is 12.5. The smallest absolute Gasteiger partial charge is 0.465 e. The van der Waals surface area contributed by atoms with Gasteiger partial charge in [-0.3, -0.25) is 0 Å². The van der Waals surface area contributed by atoms with E-state index in [1.54, 1.807) is 18.2 Å². The number of hydrogen-bond donors (Lipinski definition) is 2. The molecule has 1 aliphatic carbocycles. The molecule has 0 saturated heterocycles. The fourth-order valence-electron chi connectivity index (χ4n) is 4.38. The van der Waals surface area contributed by atoms with Crippen LogP contribution in [0.25, 0.3) is 22.2 Å². The number of nitrogens with zero attached hydrogens (tertiary/aromatic N) is 1. The minimum absolute atomic E-state index is 0.304. The number of aromatic nitrogens is 2. The molecule has 4 aromatic rings. The standard InChI is InChI=1S/C22H16F3N3O3.C7H14/c1-30-20(29)15-4-2-3-13(11-15)14-5-10-18-19(12-14)28-21(27-18)26-16-6-8-17(9-7-16)31-22(23,24)25;1-7-5-3-2-4-6-7/h2-12H,1H3,(H2,26,27,28);7H,2-6H2,1H3. The zero-order chi connectivity index (χ0) is 27.1. The number of carbonyl (C=O) groups is 1. The molecule has 0 amide bonds. The summed E-state index contributed by atoms with van der Waals surface area (Å²) in [5.41, 5.74) is 4.16. The van der Waals surface area contributed by atoms with E-state index in [4.69, 9.17) is 4.74 Å². The van der Waals surface area contributed by atoms with E-state index in [2.05, 4.69) is 26.9 Å². The SMILES string of the molecule is CC1CCCCC1.COC(=O)c1cccc(-c2ccc3nc(Nc4ccc(OC(F)(F)F)cc4)[nH]c3c2)c1. The Morgan fingerprint density at radius 3 is 2.32 bits per heavy atom. The third-order valence-corrected chi connectivity index (χ3v) is 6.34. The quantitative estimate of drug-likeness (QED) is 0.257. The summed E-state index contributed by atoms with van der Waals surface area (Å²) in [7, 11) is 1.33. The second-order valence-corrected chi connectivity index (χ2v) is 9.33. The Hall–Kier alpha value is -4.01. The lowest BCUT2D eigenvalue weighted by molar-refractivity contribution is -0.274. The highest BCUT2D eigenvalue weighted by atomic mass is 19.4. The third kappa shape index (κ3) is 7.50. The molecule has 0 aliphatic heterocycles. The number of halogens is 3. The molecule has 6 nitrogen and oxygen atoms in total. The summed E-state index contributed by atoms with van der Waals surface area (Å²) in [6.45, 7) is 2.36. The predicted molar refractivity (Wildman–Crippen MR) is 142 cm³/mol. The van der Waals surface area contributed by atoms with E-state index in [0.717, 1.165) is 22.6 Å². The molecule has 0 radical (unpaired) electrons. The second-order valence-electron chi connectivity index (χ2n) is 9.33. The van der Waals surface area contributed by atoms with Crippen molar-refractivity contribution in [2.45, 2.75) is 45.4 Å². The topological polar surface area (TPSA) is 76.2 Å². The van der Waals surface area contributed by atoms with Gasteiger partial charge in [-0.15, -0.1) is 13.2 Å². The summed E-state index contributed by atoms with van der Waals surface area (Å²) in [5, 5.41) is 3.01. The number of methoxy groups -OCH3 is 1. The minimum Gasteiger partial charge on any atom is -0.465 e. The summed E-state index contributed by atoms with van der Waals surface area (Å²) in [5.74, 6) is 0.748. The van der Waals surface area contributed by atoms with Crippen molar-refractivity contribution < 1.29 is 27.4 Å². The van der Waals surface area contributed by atoms with Crippen LogP contribution in [0.2, 0.25) is 0 Å². The largest absolute Gasteiger partial charge is 0.573 e. The number of H-pyrrole nitrogens is 1. The number of carbonyl (C=O) groups excluding carboxylic acids is 1. The Morgan fingerprint density at radius 1 is 0.974 bits per heavy atom. The summed E-state index contributed by atoms with van der Waals surface area (Å²) < 4.78 is 45.4. The van der Waals surface area contributed by atoms with Crippen molar-refractivity contribution >= 4 is 28.6 Å². The molecule has 1 heterocycles. The Bertz CT molecular complexity index is 1360.